The first-order valence-corrected chi connectivity index (χ1v) is 5.85. The van der Waals surface area contributed by atoms with Crippen LogP contribution in [0.3, 0.4) is 0 Å². The van der Waals surface area contributed by atoms with Crippen molar-refractivity contribution in [1.82, 2.24) is 10.2 Å². The minimum absolute atomic E-state index is 0.434. The van der Waals surface area contributed by atoms with E-state index in [1.54, 1.807) is 24.3 Å². The van der Waals surface area contributed by atoms with E-state index in [0.717, 1.165) is 11.3 Å². The number of rotatable bonds is 3. The summed E-state index contributed by atoms with van der Waals surface area (Å²) in [4.78, 5) is 0. The number of hydrogen-bond donors (Lipinski definition) is 1. The van der Waals surface area contributed by atoms with Gasteiger partial charge >= 0.3 is 0 Å². The predicted molar refractivity (Wildman–Crippen MR) is 70.5 cm³/mol. The van der Waals surface area contributed by atoms with E-state index in [2.05, 4.69) is 10.2 Å². The van der Waals surface area contributed by atoms with E-state index in [4.69, 9.17) is 4.74 Å². The Bertz CT molecular complexity index is 662. The number of ether oxygens (including phenoxy) is 1. The molecule has 0 aliphatic carbocycles. The molecule has 2 aromatic carbocycles. The van der Waals surface area contributed by atoms with Gasteiger partial charge in [0, 0.05) is 0 Å². The highest BCUT2D eigenvalue weighted by Crippen LogP contribution is 2.26. The van der Waals surface area contributed by atoms with Gasteiger partial charge in [0.2, 0.25) is 5.95 Å². The Morgan fingerprint density at radius 3 is 2.21 bits per heavy atom. The molecule has 0 bridgehead atoms. The van der Waals surface area contributed by atoms with Crippen molar-refractivity contribution >= 4 is 0 Å². The van der Waals surface area contributed by atoms with Crippen molar-refractivity contribution in [3.8, 4) is 22.6 Å². The number of hydrogen-bond acceptors (Lipinski definition) is 2. The van der Waals surface area contributed by atoms with Gasteiger partial charge in [0.25, 0.3) is 0 Å². The molecular formula is C15H11FN2O. The third kappa shape index (κ3) is 2.47. The van der Waals surface area contributed by atoms with Gasteiger partial charge in [-0.2, -0.15) is 9.49 Å². The van der Waals surface area contributed by atoms with Crippen LogP contribution in [0.1, 0.15) is 0 Å². The molecule has 0 amide bonds. The van der Waals surface area contributed by atoms with Crippen LogP contribution in [0.15, 0.2) is 60.8 Å². The van der Waals surface area contributed by atoms with Gasteiger partial charge in [0.15, 0.2) is 0 Å². The fraction of sp³-hybridized carbons (Fsp3) is 0. The highest BCUT2D eigenvalue weighted by atomic mass is 19.1. The highest BCUT2D eigenvalue weighted by molar-refractivity contribution is 5.63. The van der Waals surface area contributed by atoms with Crippen molar-refractivity contribution in [2.75, 3.05) is 0 Å². The van der Waals surface area contributed by atoms with Crippen LogP contribution in [0.5, 0.6) is 11.5 Å². The summed E-state index contributed by atoms with van der Waals surface area (Å²) < 4.78 is 19.0. The SMILES string of the molecule is Fc1[nH]ncc1-c1ccc(Oc2ccccc2)cc1. The molecule has 3 rings (SSSR count). The first-order valence-electron chi connectivity index (χ1n) is 5.85. The van der Waals surface area contributed by atoms with Crippen LogP contribution < -0.4 is 4.74 Å². The maximum Gasteiger partial charge on any atom is 0.216 e. The average Bonchev–Trinajstić information content (AvgIpc) is 2.87. The number of nitrogens with zero attached hydrogens (tertiary/aromatic N) is 1. The first kappa shape index (κ1) is 11.5. The normalized spacial score (nSPS) is 10.4. The number of aromatic nitrogens is 2. The zero-order chi connectivity index (χ0) is 13.1. The molecule has 0 radical (unpaired) electrons. The van der Waals surface area contributed by atoms with E-state index in [1.165, 1.54) is 6.20 Å². The summed E-state index contributed by atoms with van der Waals surface area (Å²) >= 11 is 0. The Morgan fingerprint density at radius 2 is 1.58 bits per heavy atom. The van der Waals surface area contributed by atoms with Crippen LogP contribution in [-0.4, -0.2) is 10.2 Å². The van der Waals surface area contributed by atoms with Crippen LogP contribution in [0.2, 0.25) is 0 Å². The zero-order valence-corrected chi connectivity index (χ0v) is 10.0. The second kappa shape index (κ2) is 4.94. The topological polar surface area (TPSA) is 37.9 Å². The van der Waals surface area contributed by atoms with E-state index < -0.39 is 5.95 Å². The third-order valence-electron chi connectivity index (χ3n) is 2.74. The van der Waals surface area contributed by atoms with Crippen LogP contribution in [0, 0.1) is 5.95 Å². The molecule has 0 saturated heterocycles. The summed E-state index contributed by atoms with van der Waals surface area (Å²) in [6.45, 7) is 0. The van der Waals surface area contributed by atoms with E-state index in [0.29, 0.717) is 11.3 Å². The molecule has 0 saturated carbocycles. The van der Waals surface area contributed by atoms with Crippen LogP contribution >= 0.6 is 0 Å². The van der Waals surface area contributed by atoms with E-state index >= 15 is 0 Å². The molecule has 1 aromatic heterocycles. The van der Waals surface area contributed by atoms with E-state index in [-0.39, 0.29) is 0 Å². The molecular weight excluding hydrogens is 243 g/mol. The van der Waals surface area contributed by atoms with Crippen molar-refractivity contribution in [3.05, 3.63) is 66.7 Å². The summed E-state index contributed by atoms with van der Waals surface area (Å²) in [5.41, 5.74) is 1.21. The van der Waals surface area contributed by atoms with Crippen molar-refractivity contribution in [1.29, 1.82) is 0 Å². The lowest BCUT2D eigenvalue weighted by molar-refractivity contribution is 0.483. The number of halogens is 1. The Morgan fingerprint density at radius 1 is 0.895 bits per heavy atom. The Labute approximate surface area is 109 Å². The quantitative estimate of drug-likeness (QED) is 0.766. The zero-order valence-electron chi connectivity index (χ0n) is 10.0. The predicted octanol–water partition coefficient (Wildman–Crippen LogP) is 4.01. The summed E-state index contributed by atoms with van der Waals surface area (Å²) in [5, 5.41) is 5.93. The minimum atomic E-state index is -0.434. The third-order valence-corrected chi connectivity index (χ3v) is 2.74. The lowest BCUT2D eigenvalue weighted by Crippen LogP contribution is -1.84. The van der Waals surface area contributed by atoms with Crippen LogP contribution in [0.25, 0.3) is 11.1 Å². The molecule has 94 valence electrons. The van der Waals surface area contributed by atoms with Gasteiger partial charge < -0.3 is 4.74 Å². The largest absolute Gasteiger partial charge is 0.457 e. The molecule has 3 aromatic rings. The fourth-order valence-electron chi connectivity index (χ4n) is 1.80. The molecule has 0 aliphatic heterocycles. The van der Waals surface area contributed by atoms with Crippen molar-refractivity contribution in [2.45, 2.75) is 0 Å². The van der Waals surface area contributed by atoms with Gasteiger partial charge in [-0.25, -0.2) is 0 Å². The number of benzene rings is 2. The summed E-state index contributed by atoms with van der Waals surface area (Å²) in [5.74, 6) is 1.04. The van der Waals surface area contributed by atoms with Gasteiger partial charge in [-0.3, -0.25) is 5.10 Å². The molecule has 0 aliphatic rings. The molecule has 3 nitrogen and oxygen atoms in total. The Hall–Kier alpha value is -2.62. The lowest BCUT2D eigenvalue weighted by atomic mass is 10.1. The average molecular weight is 254 g/mol. The maximum absolute atomic E-state index is 13.3. The van der Waals surface area contributed by atoms with Gasteiger partial charge in [0.1, 0.15) is 11.5 Å². The monoisotopic (exact) mass is 254 g/mol. The molecule has 0 spiro atoms. The second-order valence-corrected chi connectivity index (χ2v) is 4.04. The van der Waals surface area contributed by atoms with Crippen LogP contribution in [0.4, 0.5) is 4.39 Å². The highest BCUT2D eigenvalue weighted by Gasteiger charge is 2.06. The summed E-state index contributed by atoms with van der Waals surface area (Å²) in [7, 11) is 0. The van der Waals surface area contributed by atoms with Gasteiger partial charge in [-0.1, -0.05) is 30.3 Å². The standard InChI is InChI=1S/C15H11FN2O/c16-15-14(10-17-18-15)11-6-8-13(9-7-11)19-12-4-2-1-3-5-12/h1-10H,(H,17,18). The first-order chi connectivity index (χ1) is 9.33. The molecule has 1 N–H and O–H groups in total. The molecule has 0 unspecified atom stereocenters. The lowest BCUT2D eigenvalue weighted by Gasteiger charge is -2.06. The molecule has 19 heavy (non-hydrogen) atoms. The fourth-order valence-corrected chi connectivity index (χ4v) is 1.80. The van der Waals surface area contributed by atoms with E-state index in [1.807, 2.05) is 30.3 Å². The van der Waals surface area contributed by atoms with E-state index in [9.17, 15) is 4.39 Å². The second-order valence-electron chi connectivity index (χ2n) is 4.04. The van der Waals surface area contributed by atoms with Gasteiger partial charge in [-0.15, -0.1) is 0 Å². The smallest absolute Gasteiger partial charge is 0.216 e. The minimum Gasteiger partial charge on any atom is -0.457 e. The van der Waals surface area contributed by atoms with Crippen molar-refractivity contribution in [2.24, 2.45) is 0 Å². The Kier molecular flexibility index (Phi) is 2.98. The number of para-hydroxylation sites is 1. The number of nitrogens with one attached hydrogen (secondary N) is 1. The molecule has 0 fully saturated rings. The number of H-pyrrole nitrogens is 1. The number of aromatic amines is 1. The summed E-state index contributed by atoms with van der Waals surface area (Å²) in [6, 6.07) is 16.7. The molecule has 1 heterocycles. The van der Waals surface area contributed by atoms with Gasteiger partial charge in [0.05, 0.1) is 11.8 Å². The molecule has 0 atom stereocenters. The molecule has 4 heteroatoms. The Balaban J connectivity index is 1.82. The van der Waals surface area contributed by atoms with Crippen LogP contribution in [-0.2, 0) is 0 Å². The van der Waals surface area contributed by atoms with Gasteiger partial charge in [-0.05, 0) is 29.8 Å². The summed E-state index contributed by atoms with van der Waals surface area (Å²) in [6.07, 6.45) is 1.46. The van der Waals surface area contributed by atoms with Crippen molar-refractivity contribution in [3.63, 3.8) is 0 Å². The van der Waals surface area contributed by atoms with Crippen molar-refractivity contribution < 1.29 is 9.13 Å². The maximum atomic E-state index is 13.3.